The Labute approximate surface area is 157 Å². The van der Waals surface area contributed by atoms with E-state index in [0.29, 0.717) is 6.54 Å². The lowest BCUT2D eigenvalue weighted by Crippen LogP contribution is -2.47. The van der Waals surface area contributed by atoms with E-state index >= 15 is 0 Å². The van der Waals surface area contributed by atoms with Gasteiger partial charge in [0.2, 0.25) is 5.91 Å². The third-order valence-corrected chi connectivity index (χ3v) is 5.82. The van der Waals surface area contributed by atoms with Gasteiger partial charge in [-0.3, -0.25) is 4.79 Å². The van der Waals surface area contributed by atoms with Gasteiger partial charge in [-0.05, 0) is 35.9 Å². The Morgan fingerprint density at radius 3 is 2.76 bits per heavy atom. The van der Waals surface area contributed by atoms with E-state index in [9.17, 15) is 4.79 Å². The van der Waals surface area contributed by atoms with Gasteiger partial charge >= 0.3 is 0 Å². The van der Waals surface area contributed by atoms with Crippen LogP contribution in [0.4, 0.5) is 0 Å². The first-order valence-electron chi connectivity index (χ1n) is 8.26. The van der Waals surface area contributed by atoms with Crippen LogP contribution in [0.2, 0.25) is 0 Å². The van der Waals surface area contributed by atoms with Gasteiger partial charge in [-0.1, -0.05) is 48.0 Å². The quantitative estimate of drug-likeness (QED) is 0.730. The molecule has 2 heterocycles. The molecule has 5 heteroatoms. The fourth-order valence-electron chi connectivity index (χ4n) is 3.21. The van der Waals surface area contributed by atoms with E-state index in [1.54, 1.807) is 0 Å². The molecule has 3 aromatic rings. The first-order valence-corrected chi connectivity index (χ1v) is 9.08. The molecule has 3 nitrogen and oxygen atoms in total. The zero-order chi connectivity index (χ0) is 16.5. The maximum atomic E-state index is 12.5. The lowest BCUT2D eigenvalue weighted by atomic mass is 9.98. The maximum Gasteiger partial charge on any atom is 0.237 e. The zero-order valence-electron chi connectivity index (χ0n) is 14.0. The Hall–Kier alpha value is -1.88. The van der Waals surface area contributed by atoms with Gasteiger partial charge in [0, 0.05) is 22.7 Å². The smallest absolute Gasteiger partial charge is 0.237 e. The summed E-state index contributed by atoms with van der Waals surface area (Å²) in [6.07, 6.45) is 0.763. The van der Waals surface area contributed by atoms with Crippen molar-refractivity contribution >= 4 is 39.7 Å². The SMILES string of the molecule is Cc1ccc(CNC(=O)[C@H]2Cc3c(sc4ccccc34)CN2)cc1.Cl. The summed E-state index contributed by atoms with van der Waals surface area (Å²) in [6.45, 7) is 3.42. The summed E-state index contributed by atoms with van der Waals surface area (Å²) in [5.41, 5.74) is 3.70. The van der Waals surface area contributed by atoms with Gasteiger partial charge in [0.15, 0.2) is 0 Å². The first-order chi connectivity index (χ1) is 11.7. The molecule has 4 rings (SSSR count). The molecule has 0 bridgehead atoms. The summed E-state index contributed by atoms with van der Waals surface area (Å²) in [5, 5.41) is 7.74. The van der Waals surface area contributed by atoms with Crippen molar-refractivity contribution in [3.63, 3.8) is 0 Å². The number of aryl methyl sites for hydroxylation is 1. The van der Waals surface area contributed by atoms with Crippen LogP contribution in [0, 0.1) is 6.92 Å². The normalized spacial score (nSPS) is 16.1. The second kappa shape index (κ2) is 7.56. The molecule has 1 atom stereocenters. The number of hydrogen-bond donors (Lipinski definition) is 2. The van der Waals surface area contributed by atoms with Crippen molar-refractivity contribution in [3.8, 4) is 0 Å². The van der Waals surface area contributed by atoms with Gasteiger partial charge < -0.3 is 10.6 Å². The third kappa shape index (κ3) is 3.71. The monoisotopic (exact) mass is 372 g/mol. The number of thiophene rings is 1. The van der Waals surface area contributed by atoms with E-state index in [1.165, 1.54) is 26.1 Å². The highest BCUT2D eigenvalue weighted by atomic mass is 35.5. The Kier molecular flexibility index (Phi) is 5.42. The summed E-state index contributed by atoms with van der Waals surface area (Å²) in [4.78, 5) is 13.9. The van der Waals surface area contributed by atoms with Crippen molar-refractivity contribution in [2.75, 3.05) is 0 Å². The number of amides is 1. The summed E-state index contributed by atoms with van der Waals surface area (Å²) in [6, 6.07) is 16.6. The highest BCUT2D eigenvalue weighted by Crippen LogP contribution is 2.34. The van der Waals surface area contributed by atoms with Crippen LogP contribution in [-0.4, -0.2) is 11.9 Å². The lowest BCUT2D eigenvalue weighted by molar-refractivity contribution is -0.123. The number of hydrogen-bond acceptors (Lipinski definition) is 3. The molecule has 1 aromatic heterocycles. The van der Waals surface area contributed by atoms with Crippen LogP contribution in [0.1, 0.15) is 21.6 Å². The molecule has 0 spiro atoms. The Morgan fingerprint density at radius 2 is 1.96 bits per heavy atom. The van der Waals surface area contributed by atoms with Gasteiger partial charge in [-0.2, -0.15) is 0 Å². The molecule has 2 aromatic carbocycles. The van der Waals surface area contributed by atoms with Crippen LogP contribution in [0.5, 0.6) is 0 Å². The molecular weight excluding hydrogens is 352 g/mol. The van der Waals surface area contributed by atoms with Crippen LogP contribution in [0.25, 0.3) is 10.1 Å². The van der Waals surface area contributed by atoms with Crippen molar-refractivity contribution in [3.05, 3.63) is 70.1 Å². The van der Waals surface area contributed by atoms with E-state index in [2.05, 4.69) is 66.1 Å². The van der Waals surface area contributed by atoms with E-state index in [0.717, 1.165) is 18.5 Å². The van der Waals surface area contributed by atoms with E-state index in [4.69, 9.17) is 0 Å². The molecule has 0 saturated carbocycles. The molecular formula is C20H21ClN2OS. The minimum atomic E-state index is -0.152. The molecule has 0 fully saturated rings. The Bertz CT molecular complexity index is 888. The minimum Gasteiger partial charge on any atom is -0.351 e. The summed E-state index contributed by atoms with van der Waals surface area (Å²) in [7, 11) is 0. The van der Waals surface area contributed by atoms with Crippen LogP contribution in [-0.2, 0) is 24.3 Å². The Balaban J connectivity index is 0.00000182. The number of rotatable bonds is 3. The van der Waals surface area contributed by atoms with E-state index < -0.39 is 0 Å². The minimum absolute atomic E-state index is 0. The molecule has 2 N–H and O–H groups in total. The van der Waals surface area contributed by atoms with Crippen molar-refractivity contribution in [2.45, 2.75) is 32.5 Å². The fraction of sp³-hybridized carbons (Fsp3) is 0.250. The molecule has 0 saturated heterocycles. The average molecular weight is 373 g/mol. The number of benzene rings is 2. The van der Waals surface area contributed by atoms with Gasteiger partial charge in [-0.25, -0.2) is 0 Å². The summed E-state index contributed by atoms with van der Waals surface area (Å²) < 4.78 is 1.31. The predicted octanol–water partition coefficient (Wildman–Crippen LogP) is 3.96. The zero-order valence-corrected chi connectivity index (χ0v) is 15.7. The van der Waals surface area contributed by atoms with E-state index in [-0.39, 0.29) is 24.4 Å². The third-order valence-electron chi connectivity index (χ3n) is 4.60. The van der Waals surface area contributed by atoms with Crippen LogP contribution in [0.15, 0.2) is 48.5 Å². The average Bonchev–Trinajstić information content (AvgIpc) is 2.99. The fourth-order valence-corrected chi connectivity index (χ4v) is 4.40. The summed E-state index contributed by atoms with van der Waals surface area (Å²) in [5.74, 6) is 0.0801. The van der Waals surface area contributed by atoms with Crippen molar-refractivity contribution in [2.24, 2.45) is 0 Å². The largest absolute Gasteiger partial charge is 0.351 e. The van der Waals surface area contributed by atoms with Crippen LogP contribution in [0.3, 0.4) is 0 Å². The highest BCUT2D eigenvalue weighted by Gasteiger charge is 2.26. The number of fused-ring (bicyclic) bond motifs is 3. The number of nitrogens with one attached hydrogen (secondary N) is 2. The molecule has 130 valence electrons. The van der Waals surface area contributed by atoms with Gasteiger partial charge in [0.1, 0.15) is 0 Å². The standard InChI is InChI=1S/C20H20N2OS.ClH/c1-13-6-8-14(9-7-13)11-22-20(23)17-10-16-15-4-2-3-5-18(15)24-19(16)12-21-17;/h2-9,17,21H,10-12H2,1H3,(H,22,23);1H/t17-;/m1./s1. The predicted molar refractivity (Wildman–Crippen MR) is 106 cm³/mol. The van der Waals surface area contributed by atoms with E-state index in [1.807, 2.05) is 11.3 Å². The van der Waals surface area contributed by atoms with Gasteiger partial charge in [0.05, 0.1) is 6.04 Å². The van der Waals surface area contributed by atoms with Gasteiger partial charge in [-0.15, -0.1) is 23.7 Å². The molecule has 0 unspecified atom stereocenters. The maximum absolute atomic E-state index is 12.5. The lowest BCUT2D eigenvalue weighted by Gasteiger charge is -2.23. The second-order valence-corrected chi connectivity index (χ2v) is 7.48. The number of carbonyl (C=O) groups excluding carboxylic acids is 1. The molecule has 1 amide bonds. The van der Waals surface area contributed by atoms with Crippen molar-refractivity contribution in [1.82, 2.24) is 10.6 Å². The Morgan fingerprint density at radius 1 is 1.20 bits per heavy atom. The van der Waals surface area contributed by atoms with Crippen LogP contribution < -0.4 is 10.6 Å². The van der Waals surface area contributed by atoms with Crippen molar-refractivity contribution in [1.29, 1.82) is 0 Å². The summed E-state index contributed by atoms with van der Waals surface area (Å²) >= 11 is 1.83. The first kappa shape index (κ1) is 17.9. The molecule has 1 aliphatic heterocycles. The molecule has 25 heavy (non-hydrogen) atoms. The number of halogens is 1. The number of carbonyl (C=O) groups is 1. The molecule has 0 radical (unpaired) electrons. The highest BCUT2D eigenvalue weighted by molar-refractivity contribution is 7.19. The molecule has 1 aliphatic rings. The molecule has 0 aliphatic carbocycles. The van der Waals surface area contributed by atoms with Gasteiger partial charge in [0.25, 0.3) is 0 Å². The van der Waals surface area contributed by atoms with Crippen LogP contribution >= 0.6 is 23.7 Å². The topological polar surface area (TPSA) is 41.1 Å². The second-order valence-electron chi connectivity index (χ2n) is 6.34. The van der Waals surface area contributed by atoms with Crippen molar-refractivity contribution < 1.29 is 4.79 Å².